The van der Waals surface area contributed by atoms with Crippen LogP contribution in [0.4, 0.5) is 0 Å². The van der Waals surface area contributed by atoms with Crippen LogP contribution in [0.1, 0.15) is 17.8 Å². The van der Waals surface area contributed by atoms with Gasteiger partial charge < -0.3 is 14.8 Å². The first kappa shape index (κ1) is 16.8. The molecule has 0 spiro atoms. The lowest BCUT2D eigenvalue weighted by atomic mass is 10.2. The number of nitrogens with one attached hydrogen (secondary N) is 1. The average molecular weight is 377 g/mol. The van der Waals surface area contributed by atoms with Crippen LogP contribution < -0.4 is 10.1 Å². The molecule has 0 bridgehead atoms. The van der Waals surface area contributed by atoms with Crippen LogP contribution in [0.3, 0.4) is 0 Å². The molecule has 1 aromatic carbocycles. The van der Waals surface area contributed by atoms with Crippen molar-refractivity contribution in [2.24, 2.45) is 5.92 Å². The SMILES string of the molecule is Cc1nc2c(cc(OCC(=O)NCCOCC3CC3)c3ccsc32)s1. The number of fused-ring (bicyclic) bond motifs is 3. The van der Waals surface area contributed by atoms with E-state index >= 15 is 0 Å². The number of hydrogen-bond acceptors (Lipinski definition) is 6. The van der Waals surface area contributed by atoms with Gasteiger partial charge in [0.15, 0.2) is 6.61 Å². The van der Waals surface area contributed by atoms with Gasteiger partial charge >= 0.3 is 0 Å². The number of carbonyl (C=O) groups excluding carboxylic acids is 1. The normalized spacial score (nSPS) is 14.3. The summed E-state index contributed by atoms with van der Waals surface area (Å²) in [5, 5.41) is 6.91. The second-order valence-corrected chi connectivity index (χ2v) is 8.43. The van der Waals surface area contributed by atoms with E-state index < -0.39 is 0 Å². The van der Waals surface area contributed by atoms with Crippen molar-refractivity contribution < 1.29 is 14.3 Å². The van der Waals surface area contributed by atoms with Crippen molar-refractivity contribution in [3.8, 4) is 5.75 Å². The summed E-state index contributed by atoms with van der Waals surface area (Å²) in [6.45, 7) is 3.91. The van der Waals surface area contributed by atoms with Crippen molar-refractivity contribution in [2.75, 3.05) is 26.4 Å². The molecule has 0 unspecified atom stereocenters. The number of rotatable bonds is 8. The quantitative estimate of drug-likeness (QED) is 0.609. The highest BCUT2D eigenvalue weighted by atomic mass is 32.1. The molecule has 3 aromatic rings. The van der Waals surface area contributed by atoms with Gasteiger partial charge in [0, 0.05) is 24.6 Å². The van der Waals surface area contributed by atoms with Crippen molar-refractivity contribution in [3.63, 3.8) is 0 Å². The van der Waals surface area contributed by atoms with E-state index in [0.717, 1.165) is 43.6 Å². The van der Waals surface area contributed by atoms with E-state index in [4.69, 9.17) is 9.47 Å². The zero-order valence-corrected chi connectivity index (χ0v) is 15.7. The molecule has 1 aliphatic rings. The molecule has 1 saturated carbocycles. The molecular formula is C18H20N2O3S2. The first-order valence-electron chi connectivity index (χ1n) is 8.45. The van der Waals surface area contributed by atoms with Gasteiger partial charge in [-0.2, -0.15) is 0 Å². The van der Waals surface area contributed by atoms with E-state index in [1.54, 1.807) is 22.7 Å². The van der Waals surface area contributed by atoms with E-state index in [1.807, 2.05) is 24.4 Å². The lowest BCUT2D eigenvalue weighted by molar-refractivity contribution is -0.123. The third-order valence-corrected chi connectivity index (χ3v) is 5.99. The maximum Gasteiger partial charge on any atom is 0.258 e. The van der Waals surface area contributed by atoms with E-state index in [2.05, 4.69) is 10.3 Å². The summed E-state index contributed by atoms with van der Waals surface area (Å²) in [7, 11) is 0. The van der Waals surface area contributed by atoms with Gasteiger partial charge in [-0.3, -0.25) is 4.79 Å². The van der Waals surface area contributed by atoms with E-state index in [1.165, 1.54) is 12.8 Å². The Bertz CT molecular complexity index is 898. The molecular weight excluding hydrogens is 356 g/mol. The van der Waals surface area contributed by atoms with Gasteiger partial charge in [0.25, 0.3) is 5.91 Å². The van der Waals surface area contributed by atoms with E-state index in [0.29, 0.717) is 13.2 Å². The zero-order chi connectivity index (χ0) is 17.2. The summed E-state index contributed by atoms with van der Waals surface area (Å²) in [5.41, 5.74) is 1.03. The highest BCUT2D eigenvalue weighted by Gasteiger charge is 2.20. The molecule has 1 fully saturated rings. The number of thiazole rings is 1. The van der Waals surface area contributed by atoms with Gasteiger partial charge in [0.1, 0.15) is 5.75 Å². The fourth-order valence-electron chi connectivity index (χ4n) is 2.70. The number of amides is 1. The minimum atomic E-state index is -0.126. The Balaban J connectivity index is 1.34. The van der Waals surface area contributed by atoms with Crippen LogP contribution in [0.2, 0.25) is 0 Å². The second kappa shape index (κ2) is 7.27. The molecule has 1 N–H and O–H groups in total. The van der Waals surface area contributed by atoms with Crippen molar-refractivity contribution in [2.45, 2.75) is 19.8 Å². The van der Waals surface area contributed by atoms with Crippen LogP contribution in [0, 0.1) is 12.8 Å². The van der Waals surface area contributed by atoms with Crippen molar-refractivity contribution >= 4 is 48.9 Å². The van der Waals surface area contributed by atoms with Gasteiger partial charge in [0.05, 0.1) is 26.5 Å². The van der Waals surface area contributed by atoms with Gasteiger partial charge in [-0.15, -0.1) is 22.7 Å². The monoisotopic (exact) mass is 376 g/mol. The summed E-state index contributed by atoms with van der Waals surface area (Å²) in [4.78, 5) is 16.6. The summed E-state index contributed by atoms with van der Waals surface area (Å²) in [6.07, 6.45) is 2.56. The molecule has 7 heteroatoms. The van der Waals surface area contributed by atoms with Gasteiger partial charge in [-0.05, 0) is 37.1 Å². The Kier molecular flexibility index (Phi) is 4.87. The van der Waals surface area contributed by atoms with Crippen LogP contribution >= 0.6 is 22.7 Å². The van der Waals surface area contributed by atoms with Crippen LogP contribution in [0.5, 0.6) is 5.75 Å². The highest BCUT2D eigenvalue weighted by molar-refractivity contribution is 7.21. The van der Waals surface area contributed by atoms with Crippen LogP contribution in [0.25, 0.3) is 20.3 Å². The molecule has 2 heterocycles. The number of nitrogens with zero attached hydrogens (tertiary/aromatic N) is 1. The summed E-state index contributed by atoms with van der Waals surface area (Å²) >= 11 is 3.30. The minimum Gasteiger partial charge on any atom is -0.483 e. The maximum absolute atomic E-state index is 12.0. The van der Waals surface area contributed by atoms with E-state index in [-0.39, 0.29) is 12.5 Å². The Morgan fingerprint density at radius 1 is 1.44 bits per heavy atom. The molecule has 0 saturated heterocycles. The number of aryl methyl sites for hydroxylation is 1. The third-order valence-electron chi connectivity index (χ3n) is 4.15. The topological polar surface area (TPSA) is 60.5 Å². The fraction of sp³-hybridized carbons (Fsp3) is 0.444. The van der Waals surface area contributed by atoms with Crippen LogP contribution in [0.15, 0.2) is 17.5 Å². The molecule has 0 atom stereocenters. The molecule has 25 heavy (non-hydrogen) atoms. The largest absolute Gasteiger partial charge is 0.483 e. The zero-order valence-electron chi connectivity index (χ0n) is 14.0. The molecule has 132 valence electrons. The number of carbonyl (C=O) groups is 1. The lowest BCUT2D eigenvalue weighted by Gasteiger charge is -2.09. The molecule has 0 radical (unpaired) electrons. The second-order valence-electron chi connectivity index (χ2n) is 6.27. The van der Waals surface area contributed by atoms with E-state index in [9.17, 15) is 4.79 Å². The molecule has 0 aliphatic heterocycles. The third kappa shape index (κ3) is 3.94. The molecule has 2 aromatic heterocycles. The predicted molar refractivity (Wildman–Crippen MR) is 102 cm³/mol. The van der Waals surface area contributed by atoms with Crippen LogP contribution in [-0.4, -0.2) is 37.3 Å². The van der Waals surface area contributed by atoms with Gasteiger partial charge in [-0.1, -0.05) is 0 Å². The molecule has 1 amide bonds. The van der Waals surface area contributed by atoms with Crippen molar-refractivity contribution in [1.29, 1.82) is 0 Å². The average Bonchev–Trinajstić information content (AvgIpc) is 3.14. The number of aromatic nitrogens is 1. The number of benzene rings is 1. The van der Waals surface area contributed by atoms with Crippen LogP contribution in [-0.2, 0) is 9.53 Å². The summed E-state index contributed by atoms with van der Waals surface area (Å²) in [5.74, 6) is 1.36. The number of ether oxygens (including phenoxy) is 2. The fourth-order valence-corrected chi connectivity index (χ4v) is 4.53. The van der Waals surface area contributed by atoms with Gasteiger partial charge in [-0.25, -0.2) is 4.98 Å². The first-order valence-corrected chi connectivity index (χ1v) is 10.1. The molecule has 1 aliphatic carbocycles. The Hall–Kier alpha value is -1.70. The Morgan fingerprint density at radius 2 is 2.32 bits per heavy atom. The highest BCUT2D eigenvalue weighted by Crippen LogP contribution is 2.38. The van der Waals surface area contributed by atoms with Gasteiger partial charge in [0.2, 0.25) is 0 Å². The number of hydrogen-bond donors (Lipinski definition) is 1. The summed E-state index contributed by atoms with van der Waals surface area (Å²) in [6, 6.07) is 4.01. The molecule has 4 rings (SSSR count). The Labute approximate surface area is 154 Å². The summed E-state index contributed by atoms with van der Waals surface area (Å²) < 4.78 is 13.5. The van der Waals surface area contributed by atoms with Crippen molar-refractivity contribution in [1.82, 2.24) is 10.3 Å². The standard InChI is InChI=1S/C18H20N2O3S2/c1-11-20-17-15(25-11)8-14(13-4-7-24-18(13)17)23-10-16(21)19-5-6-22-9-12-2-3-12/h4,7-8,12H,2-3,5-6,9-10H2,1H3,(H,19,21). The first-order chi connectivity index (χ1) is 12.2. The maximum atomic E-state index is 12.0. The predicted octanol–water partition coefficient (Wildman–Crippen LogP) is 3.74. The smallest absolute Gasteiger partial charge is 0.258 e. The molecule has 5 nitrogen and oxygen atoms in total. The minimum absolute atomic E-state index is 0.0108. The Morgan fingerprint density at radius 3 is 3.16 bits per heavy atom. The number of thiophene rings is 1. The lowest BCUT2D eigenvalue weighted by Crippen LogP contribution is -2.31. The van der Waals surface area contributed by atoms with Crippen molar-refractivity contribution in [3.05, 3.63) is 22.5 Å².